The van der Waals surface area contributed by atoms with Crippen LogP contribution in [0.25, 0.3) is 0 Å². The van der Waals surface area contributed by atoms with E-state index in [0.29, 0.717) is 17.9 Å². The fourth-order valence-electron chi connectivity index (χ4n) is 2.15. The summed E-state index contributed by atoms with van der Waals surface area (Å²) in [4.78, 5) is 4.58. The van der Waals surface area contributed by atoms with Crippen molar-refractivity contribution >= 4 is 0 Å². The van der Waals surface area contributed by atoms with Crippen LogP contribution in [0.4, 0.5) is 0 Å². The molecule has 0 amide bonds. The van der Waals surface area contributed by atoms with Gasteiger partial charge in [0.15, 0.2) is 5.82 Å². The molecule has 1 aromatic rings. The lowest BCUT2D eigenvalue weighted by molar-refractivity contribution is 0.480. The third-order valence-corrected chi connectivity index (χ3v) is 3.29. The van der Waals surface area contributed by atoms with Crippen molar-refractivity contribution in [3.63, 3.8) is 0 Å². The van der Waals surface area contributed by atoms with Crippen LogP contribution < -0.4 is 5.32 Å². The van der Waals surface area contributed by atoms with Gasteiger partial charge in [0.1, 0.15) is 5.82 Å². The molecule has 0 aromatic carbocycles. The first kappa shape index (κ1) is 8.41. The Bertz CT molecular complexity index is 329. The lowest BCUT2D eigenvalue weighted by Gasteiger charge is -2.11. The minimum Gasteiger partial charge on any atom is -0.307 e. The Morgan fingerprint density at radius 1 is 1.29 bits per heavy atom. The van der Waals surface area contributed by atoms with E-state index in [1.54, 1.807) is 0 Å². The van der Waals surface area contributed by atoms with E-state index in [9.17, 15) is 0 Å². The molecular formula is C10H16N4. The third kappa shape index (κ3) is 1.34. The van der Waals surface area contributed by atoms with Crippen molar-refractivity contribution in [3.05, 3.63) is 11.6 Å². The van der Waals surface area contributed by atoms with E-state index in [-0.39, 0.29) is 0 Å². The van der Waals surface area contributed by atoms with Crippen LogP contribution in [0.1, 0.15) is 49.8 Å². The van der Waals surface area contributed by atoms with Crippen LogP contribution in [0.15, 0.2) is 0 Å². The minimum absolute atomic E-state index is 0.398. The third-order valence-electron chi connectivity index (χ3n) is 3.29. The summed E-state index contributed by atoms with van der Waals surface area (Å²) in [5.41, 5.74) is 0. The highest BCUT2D eigenvalue weighted by Gasteiger charge is 2.31. The molecule has 4 heteroatoms. The fraction of sp³-hybridized carbons (Fsp3) is 0.800. The Morgan fingerprint density at radius 2 is 2.14 bits per heavy atom. The maximum atomic E-state index is 4.58. The highest BCUT2D eigenvalue weighted by atomic mass is 15.2. The summed E-state index contributed by atoms with van der Waals surface area (Å²) in [5.74, 6) is 3.39. The van der Waals surface area contributed by atoms with E-state index < -0.39 is 0 Å². The van der Waals surface area contributed by atoms with Gasteiger partial charge in [0.25, 0.3) is 0 Å². The van der Waals surface area contributed by atoms with Crippen LogP contribution in [0.2, 0.25) is 0 Å². The average Bonchev–Trinajstić information content (AvgIpc) is 2.75. The predicted octanol–water partition coefficient (Wildman–Crippen LogP) is 1.35. The number of hydrogen-bond acceptors (Lipinski definition) is 3. The summed E-state index contributed by atoms with van der Waals surface area (Å²) in [6, 6.07) is 0.398. The van der Waals surface area contributed by atoms with E-state index in [0.717, 1.165) is 18.2 Å². The predicted molar refractivity (Wildman–Crippen MR) is 52.9 cm³/mol. The quantitative estimate of drug-likeness (QED) is 0.743. The van der Waals surface area contributed by atoms with Crippen LogP contribution in [-0.2, 0) is 0 Å². The molecule has 76 valence electrons. The van der Waals surface area contributed by atoms with Gasteiger partial charge in [-0.1, -0.05) is 6.92 Å². The topological polar surface area (TPSA) is 53.6 Å². The number of rotatable bonds is 2. The molecule has 2 heterocycles. The number of H-pyrrole nitrogens is 1. The molecule has 1 saturated carbocycles. The lowest BCUT2D eigenvalue weighted by atomic mass is 10.0. The van der Waals surface area contributed by atoms with E-state index in [1.165, 1.54) is 19.3 Å². The molecule has 2 fully saturated rings. The van der Waals surface area contributed by atoms with Crippen LogP contribution in [-0.4, -0.2) is 21.7 Å². The fourth-order valence-corrected chi connectivity index (χ4v) is 2.15. The maximum absolute atomic E-state index is 4.58. The van der Waals surface area contributed by atoms with Gasteiger partial charge in [-0.05, 0) is 31.7 Å². The Kier molecular flexibility index (Phi) is 1.83. The molecule has 14 heavy (non-hydrogen) atoms. The SMILES string of the molecule is CC1CCNC1c1nc(C2CC2)n[nH]1. The van der Waals surface area contributed by atoms with Crippen LogP contribution in [0, 0.1) is 5.92 Å². The molecule has 2 atom stereocenters. The van der Waals surface area contributed by atoms with Crippen molar-refractivity contribution in [3.8, 4) is 0 Å². The zero-order valence-corrected chi connectivity index (χ0v) is 8.45. The summed E-state index contributed by atoms with van der Waals surface area (Å²) < 4.78 is 0. The monoisotopic (exact) mass is 192 g/mol. The average molecular weight is 192 g/mol. The maximum Gasteiger partial charge on any atom is 0.153 e. The van der Waals surface area contributed by atoms with Crippen LogP contribution >= 0.6 is 0 Å². The lowest BCUT2D eigenvalue weighted by Crippen LogP contribution is -2.17. The molecule has 2 aliphatic rings. The van der Waals surface area contributed by atoms with E-state index in [2.05, 4.69) is 27.4 Å². The van der Waals surface area contributed by atoms with Gasteiger partial charge in [0.2, 0.25) is 0 Å². The smallest absolute Gasteiger partial charge is 0.153 e. The van der Waals surface area contributed by atoms with E-state index in [1.807, 2.05) is 0 Å². The zero-order valence-electron chi connectivity index (χ0n) is 8.45. The minimum atomic E-state index is 0.398. The van der Waals surface area contributed by atoms with Gasteiger partial charge in [-0.3, -0.25) is 5.10 Å². The molecule has 1 saturated heterocycles. The molecule has 0 radical (unpaired) electrons. The Labute approximate surface area is 83.5 Å². The van der Waals surface area contributed by atoms with Crippen molar-refractivity contribution in [2.45, 2.75) is 38.1 Å². The van der Waals surface area contributed by atoms with Gasteiger partial charge in [-0.2, -0.15) is 5.10 Å². The Hall–Kier alpha value is -0.900. The summed E-state index contributed by atoms with van der Waals surface area (Å²) in [7, 11) is 0. The Balaban J connectivity index is 1.81. The van der Waals surface area contributed by atoms with Crippen molar-refractivity contribution in [1.29, 1.82) is 0 Å². The second kappa shape index (κ2) is 3.05. The van der Waals surface area contributed by atoms with Crippen molar-refractivity contribution < 1.29 is 0 Å². The van der Waals surface area contributed by atoms with Gasteiger partial charge in [0, 0.05) is 5.92 Å². The highest BCUT2D eigenvalue weighted by Crippen LogP contribution is 2.38. The Morgan fingerprint density at radius 3 is 2.79 bits per heavy atom. The number of aromatic amines is 1. The molecule has 3 rings (SSSR count). The number of nitrogens with zero attached hydrogens (tertiary/aromatic N) is 2. The summed E-state index contributed by atoms with van der Waals surface area (Å²) in [6.45, 7) is 3.37. The molecule has 4 nitrogen and oxygen atoms in total. The molecule has 0 spiro atoms. The molecular weight excluding hydrogens is 176 g/mol. The molecule has 0 bridgehead atoms. The summed E-state index contributed by atoms with van der Waals surface area (Å²) in [6.07, 6.45) is 3.78. The number of aromatic nitrogens is 3. The molecule has 2 unspecified atom stereocenters. The van der Waals surface area contributed by atoms with E-state index >= 15 is 0 Å². The molecule has 1 aliphatic carbocycles. The highest BCUT2D eigenvalue weighted by molar-refractivity contribution is 5.08. The van der Waals surface area contributed by atoms with Crippen LogP contribution in [0.3, 0.4) is 0 Å². The van der Waals surface area contributed by atoms with Crippen molar-refractivity contribution in [2.24, 2.45) is 5.92 Å². The second-order valence-electron chi connectivity index (χ2n) is 4.55. The van der Waals surface area contributed by atoms with Gasteiger partial charge in [-0.25, -0.2) is 4.98 Å². The second-order valence-corrected chi connectivity index (χ2v) is 4.55. The van der Waals surface area contributed by atoms with Crippen LogP contribution in [0.5, 0.6) is 0 Å². The van der Waals surface area contributed by atoms with Gasteiger partial charge >= 0.3 is 0 Å². The largest absolute Gasteiger partial charge is 0.307 e. The zero-order chi connectivity index (χ0) is 9.54. The standard InChI is InChI=1S/C10H16N4/c1-6-4-5-11-8(6)10-12-9(13-14-10)7-2-3-7/h6-8,11H,2-5H2,1H3,(H,12,13,14). The normalized spacial score (nSPS) is 32.4. The molecule has 1 aromatic heterocycles. The first-order valence-electron chi connectivity index (χ1n) is 5.50. The van der Waals surface area contributed by atoms with Crippen molar-refractivity contribution in [1.82, 2.24) is 20.5 Å². The van der Waals surface area contributed by atoms with E-state index in [4.69, 9.17) is 0 Å². The first-order valence-corrected chi connectivity index (χ1v) is 5.50. The van der Waals surface area contributed by atoms with Crippen molar-refractivity contribution in [2.75, 3.05) is 6.54 Å². The van der Waals surface area contributed by atoms with Gasteiger partial charge in [-0.15, -0.1) is 0 Å². The number of hydrogen-bond donors (Lipinski definition) is 2. The summed E-state index contributed by atoms with van der Waals surface area (Å²) in [5, 5.41) is 10.8. The van der Waals surface area contributed by atoms with Gasteiger partial charge < -0.3 is 5.32 Å². The molecule has 2 N–H and O–H groups in total. The molecule has 1 aliphatic heterocycles. The number of nitrogens with one attached hydrogen (secondary N) is 2. The van der Waals surface area contributed by atoms with Gasteiger partial charge in [0.05, 0.1) is 6.04 Å². The summed E-state index contributed by atoms with van der Waals surface area (Å²) >= 11 is 0. The first-order chi connectivity index (χ1) is 6.84.